The Balaban J connectivity index is 4.47. The Hall–Kier alpha value is -1.97. The summed E-state index contributed by atoms with van der Waals surface area (Å²) in [6.07, 6.45) is 4.61. The van der Waals surface area contributed by atoms with Gasteiger partial charge in [0.2, 0.25) is 5.91 Å². The molecule has 0 aromatic rings. The van der Waals surface area contributed by atoms with Crippen molar-refractivity contribution in [3.8, 4) is 0 Å². The van der Waals surface area contributed by atoms with Crippen LogP contribution in [-0.2, 0) is 4.79 Å². The van der Waals surface area contributed by atoms with Crippen LogP contribution in [0.15, 0.2) is 47.3 Å². The summed E-state index contributed by atoms with van der Waals surface area (Å²) in [4.78, 5) is 11.0. The van der Waals surface area contributed by atoms with E-state index >= 15 is 0 Å². The molecule has 0 aromatic carbocycles. The van der Waals surface area contributed by atoms with Crippen molar-refractivity contribution in [2.45, 2.75) is 39.5 Å². The van der Waals surface area contributed by atoms with Gasteiger partial charge in [0, 0.05) is 17.0 Å². The lowest BCUT2D eigenvalue weighted by Gasteiger charge is -2.09. The predicted molar refractivity (Wildman–Crippen MR) is 80.8 cm³/mol. The van der Waals surface area contributed by atoms with Crippen molar-refractivity contribution >= 4 is 5.91 Å². The summed E-state index contributed by atoms with van der Waals surface area (Å²) in [5.74, 6) is -0.477. The predicted octanol–water partition coefficient (Wildman–Crippen LogP) is 2.24. The number of carbonyl (C=O) groups is 1. The van der Waals surface area contributed by atoms with E-state index in [4.69, 9.17) is 17.2 Å². The van der Waals surface area contributed by atoms with Crippen molar-refractivity contribution in [2.75, 3.05) is 0 Å². The van der Waals surface area contributed by atoms with Gasteiger partial charge in [-0.05, 0) is 39.5 Å². The third-order valence-electron chi connectivity index (χ3n) is 3.17. The largest absolute Gasteiger partial charge is 0.402 e. The number of primary amides is 1. The molecule has 4 heteroatoms. The summed E-state index contributed by atoms with van der Waals surface area (Å²) in [6, 6.07) is 0. The number of nitrogens with two attached hydrogens (primary N) is 3. The monoisotopic (exact) mass is 263 g/mol. The van der Waals surface area contributed by atoms with Crippen LogP contribution in [0.2, 0.25) is 0 Å². The van der Waals surface area contributed by atoms with Gasteiger partial charge in [-0.2, -0.15) is 0 Å². The van der Waals surface area contributed by atoms with Crippen molar-refractivity contribution in [3.05, 3.63) is 47.3 Å². The molecule has 0 aliphatic carbocycles. The number of hydrogen-bond donors (Lipinski definition) is 3. The van der Waals surface area contributed by atoms with Crippen LogP contribution in [0.3, 0.4) is 0 Å². The highest BCUT2D eigenvalue weighted by molar-refractivity contribution is 5.91. The minimum atomic E-state index is -0.477. The Bertz CT molecular complexity index is 431. The molecular formula is C15H25N3O. The molecule has 0 aromatic heterocycles. The highest BCUT2D eigenvalue weighted by Crippen LogP contribution is 2.16. The van der Waals surface area contributed by atoms with E-state index in [0.29, 0.717) is 17.7 Å². The zero-order valence-corrected chi connectivity index (χ0v) is 12.0. The molecule has 0 unspecified atom stereocenters. The maximum absolute atomic E-state index is 11.0. The molecule has 0 radical (unpaired) electrons. The highest BCUT2D eigenvalue weighted by atomic mass is 16.1. The van der Waals surface area contributed by atoms with Gasteiger partial charge in [0.25, 0.3) is 0 Å². The molecule has 0 aliphatic rings. The zero-order chi connectivity index (χ0) is 15.0. The summed E-state index contributed by atoms with van der Waals surface area (Å²) >= 11 is 0. The van der Waals surface area contributed by atoms with Crippen LogP contribution in [0.25, 0.3) is 0 Å². The highest BCUT2D eigenvalue weighted by Gasteiger charge is 2.05. The molecule has 6 N–H and O–H groups in total. The van der Waals surface area contributed by atoms with Crippen LogP contribution in [0.5, 0.6) is 0 Å². The SMILES string of the molecule is C=CC(=C)CC/C(N)=C(\C)CC/C(N)=C(\C)C(N)=O. The molecule has 4 nitrogen and oxygen atoms in total. The average molecular weight is 263 g/mol. The van der Waals surface area contributed by atoms with Crippen molar-refractivity contribution in [1.29, 1.82) is 0 Å². The molecule has 0 atom stereocenters. The molecule has 0 saturated carbocycles. The van der Waals surface area contributed by atoms with Crippen molar-refractivity contribution in [3.63, 3.8) is 0 Å². The van der Waals surface area contributed by atoms with Crippen LogP contribution < -0.4 is 17.2 Å². The third-order valence-corrected chi connectivity index (χ3v) is 3.17. The van der Waals surface area contributed by atoms with E-state index in [1.54, 1.807) is 13.0 Å². The van der Waals surface area contributed by atoms with Gasteiger partial charge in [-0.15, -0.1) is 0 Å². The van der Waals surface area contributed by atoms with Gasteiger partial charge in [0.1, 0.15) is 0 Å². The molecule has 0 rings (SSSR count). The van der Waals surface area contributed by atoms with E-state index < -0.39 is 5.91 Å². The smallest absolute Gasteiger partial charge is 0.246 e. The number of hydrogen-bond acceptors (Lipinski definition) is 3. The van der Waals surface area contributed by atoms with E-state index in [1.807, 2.05) is 6.92 Å². The first-order chi connectivity index (χ1) is 8.79. The maximum Gasteiger partial charge on any atom is 0.246 e. The molecule has 0 aliphatic heterocycles. The first-order valence-electron chi connectivity index (χ1n) is 6.28. The first-order valence-corrected chi connectivity index (χ1v) is 6.28. The van der Waals surface area contributed by atoms with Crippen molar-refractivity contribution in [2.24, 2.45) is 17.2 Å². The van der Waals surface area contributed by atoms with Crippen LogP contribution in [0, 0.1) is 0 Å². The average Bonchev–Trinajstić information content (AvgIpc) is 2.39. The Morgan fingerprint density at radius 3 is 2.00 bits per heavy atom. The number of rotatable bonds is 8. The summed E-state index contributed by atoms with van der Waals surface area (Å²) in [7, 11) is 0. The molecular weight excluding hydrogens is 238 g/mol. The lowest BCUT2D eigenvalue weighted by molar-refractivity contribution is -0.114. The van der Waals surface area contributed by atoms with Crippen molar-refractivity contribution in [1.82, 2.24) is 0 Å². The molecule has 0 heterocycles. The van der Waals surface area contributed by atoms with Crippen LogP contribution in [0.4, 0.5) is 0 Å². The second-order valence-electron chi connectivity index (χ2n) is 4.68. The zero-order valence-electron chi connectivity index (χ0n) is 12.0. The summed E-state index contributed by atoms with van der Waals surface area (Å²) in [5, 5.41) is 0. The Kier molecular flexibility index (Phi) is 7.34. The Labute approximate surface area is 115 Å². The molecule has 1 amide bonds. The van der Waals surface area contributed by atoms with Gasteiger partial charge in [-0.1, -0.05) is 30.4 Å². The fourth-order valence-electron chi connectivity index (χ4n) is 1.44. The minimum absolute atomic E-state index is 0.423. The van der Waals surface area contributed by atoms with E-state index in [1.165, 1.54) is 0 Å². The maximum atomic E-state index is 11.0. The quantitative estimate of drug-likeness (QED) is 0.463. The van der Waals surface area contributed by atoms with Gasteiger partial charge in [0.05, 0.1) is 0 Å². The van der Waals surface area contributed by atoms with Crippen LogP contribution in [0.1, 0.15) is 39.5 Å². The normalized spacial score (nSPS) is 13.4. The number of carbonyl (C=O) groups excluding carboxylic acids is 1. The van der Waals surface area contributed by atoms with Crippen LogP contribution >= 0.6 is 0 Å². The van der Waals surface area contributed by atoms with Gasteiger partial charge in [-0.25, -0.2) is 0 Å². The van der Waals surface area contributed by atoms with E-state index in [2.05, 4.69) is 13.2 Å². The van der Waals surface area contributed by atoms with Gasteiger partial charge in [0.15, 0.2) is 0 Å². The van der Waals surface area contributed by atoms with E-state index in [9.17, 15) is 4.79 Å². The Morgan fingerprint density at radius 2 is 1.53 bits per heavy atom. The first kappa shape index (κ1) is 17.0. The summed E-state index contributed by atoms with van der Waals surface area (Å²) < 4.78 is 0. The van der Waals surface area contributed by atoms with Gasteiger partial charge >= 0.3 is 0 Å². The molecule has 106 valence electrons. The minimum Gasteiger partial charge on any atom is -0.402 e. The molecule has 0 fully saturated rings. The van der Waals surface area contributed by atoms with E-state index in [0.717, 1.165) is 36.1 Å². The lowest BCUT2D eigenvalue weighted by Crippen LogP contribution is -2.17. The topological polar surface area (TPSA) is 95.1 Å². The number of amides is 1. The molecule has 0 bridgehead atoms. The fourth-order valence-corrected chi connectivity index (χ4v) is 1.44. The molecule has 19 heavy (non-hydrogen) atoms. The third kappa shape index (κ3) is 6.50. The Morgan fingerprint density at radius 1 is 1.00 bits per heavy atom. The second-order valence-corrected chi connectivity index (χ2v) is 4.68. The van der Waals surface area contributed by atoms with Gasteiger partial charge in [-0.3, -0.25) is 4.79 Å². The fraction of sp³-hybridized carbons (Fsp3) is 0.400. The standard InChI is InChI=1S/C15H25N3O/c1-5-10(2)6-8-13(16)11(3)7-9-14(17)12(4)15(18)19/h5H,1-2,6-9,16-17H2,3-4H3,(H2,18,19)/b13-11-,14-12-. The van der Waals surface area contributed by atoms with Crippen LogP contribution in [-0.4, -0.2) is 5.91 Å². The summed E-state index contributed by atoms with van der Waals surface area (Å²) in [5.41, 5.74) is 20.8. The van der Waals surface area contributed by atoms with E-state index in [-0.39, 0.29) is 0 Å². The molecule has 0 spiro atoms. The second kappa shape index (κ2) is 8.19. The summed E-state index contributed by atoms with van der Waals surface area (Å²) in [6.45, 7) is 11.1. The number of allylic oxidation sites excluding steroid dienone is 5. The lowest BCUT2D eigenvalue weighted by atomic mass is 10.0. The molecule has 0 saturated heterocycles. The van der Waals surface area contributed by atoms with Gasteiger partial charge < -0.3 is 17.2 Å². The van der Waals surface area contributed by atoms with Crippen molar-refractivity contribution < 1.29 is 4.79 Å².